The zero-order chi connectivity index (χ0) is 24.8. The van der Waals surface area contributed by atoms with Crippen LogP contribution < -0.4 is 10.3 Å². The van der Waals surface area contributed by atoms with Crippen molar-refractivity contribution in [1.82, 2.24) is 10.2 Å². The Bertz CT molecular complexity index is 1680. The van der Waals surface area contributed by atoms with Crippen molar-refractivity contribution in [2.24, 2.45) is 0 Å². The molecule has 0 spiro atoms. The first kappa shape index (κ1) is 23.0. The van der Waals surface area contributed by atoms with Gasteiger partial charge in [-0.05, 0) is 36.2 Å². The highest BCUT2D eigenvalue weighted by atomic mass is 35.5. The maximum Gasteiger partial charge on any atom is 0.297 e. The second-order valence-corrected chi connectivity index (χ2v) is 11.0. The fourth-order valence-corrected chi connectivity index (χ4v) is 6.50. The highest BCUT2D eigenvalue weighted by Crippen LogP contribution is 2.43. The summed E-state index contributed by atoms with van der Waals surface area (Å²) in [6.45, 7) is 1.92. The summed E-state index contributed by atoms with van der Waals surface area (Å²) >= 11 is 9.08. The maximum absolute atomic E-state index is 13.7. The standard InChI is InChI=1S/C27H18ClN3O3S2/c1-15-11-12-20-18(13-15)23(32)21-22(16-7-3-2-4-8-16)31(25(33)24(21)34-20)26-29-30-27(36-26)35-14-17-9-5-6-10-19(17)28/h2-13,22H,14H2,1H3. The molecule has 0 bridgehead atoms. The van der Waals surface area contributed by atoms with Crippen molar-refractivity contribution < 1.29 is 9.21 Å². The molecule has 0 saturated carbocycles. The summed E-state index contributed by atoms with van der Waals surface area (Å²) in [6.07, 6.45) is 0. The van der Waals surface area contributed by atoms with Crippen molar-refractivity contribution in [2.75, 3.05) is 4.90 Å². The van der Waals surface area contributed by atoms with Gasteiger partial charge < -0.3 is 4.42 Å². The Hall–Kier alpha value is -3.46. The van der Waals surface area contributed by atoms with E-state index in [0.717, 1.165) is 16.7 Å². The molecular formula is C27H18ClN3O3S2. The molecule has 6 rings (SSSR count). The first-order valence-corrected chi connectivity index (χ1v) is 13.3. The fraction of sp³-hybridized carbons (Fsp3) is 0.111. The molecule has 0 fully saturated rings. The molecule has 3 aromatic carbocycles. The van der Waals surface area contributed by atoms with Gasteiger partial charge in [-0.15, -0.1) is 10.2 Å². The predicted molar refractivity (Wildman–Crippen MR) is 143 cm³/mol. The van der Waals surface area contributed by atoms with Crippen molar-refractivity contribution in [3.63, 3.8) is 0 Å². The van der Waals surface area contributed by atoms with E-state index in [4.69, 9.17) is 16.0 Å². The van der Waals surface area contributed by atoms with E-state index in [1.54, 1.807) is 12.1 Å². The lowest BCUT2D eigenvalue weighted by Crippen LogP contribution is -2.29. The molecule has 178 valence electrons. The van der Waals surface area contributed by atoms with Gasteiger partial charge in [0.2, 0.25) is 10.9 Å². The third-order valence-electron chi connectivity index (χ3n) is 6.05. The van der Waals surface area contributed by atoms with Crippen LogP contribution in [0, 0.1) is 6.92 Å². The first-order valence-electron chi connectivity index (χ1n) is 11.2. The molecule has 6 nitrogen and oxygen atoms in total. The molecule has 36 heavy (non-hydrogen) atoms. The summed E-state index contributed by atoms with van der Waals surface area (Å²) in [4.78, 5) is 28.9. The van der Waals surface area contributed by atoms with Crippen LogP contribution in [0.25, 0.3) is 11.0 Å². The average Bonchev–Trinajstić information content (AvgIpc) is 3.47. The Morgan fingerprint density at radius 3 is 2.61 bits per heavy atom. The van der Waals surface area contributed by atoms with Crippen molar-refractivity contribution in [1.29, 1.82) is 0 Å². The van der Waals surface area contributed by atoms with Crippen molar-refractivity contribution in [3.8, 4) is 0 Å². The molecule has 1 amide bonds. The number of carbonyl (C=O) groups is 1. The fourth-order valence-electron chi connectivity index (χ4n) is 4.35. The number of nitrogens with zero attached hydrogens (tertiary/aromatic N) is 3. The molecule has 3 heterocycles. The number of benzene rings is 3. The van der Waals surface area contributed by atoms with E-state index >= 15 is 0 Å². The van der Waals surface area contributed by atoms with E-state index in [-0.39, 0.29) is 11.2 Å². The molecule has 1 unspecified atom stereocenters. The summed E-state index contributed by atoms with van der Waals surface area (Å²) < 4.78 is 6.72. The number of anilines is 1. The minimum absolute atomic E-state index is 0.0469. The third kappa shape index (κ3) is 3.91. The summed E-state index contributed by atoms with van der Waals surface area (Å²) in [5.74, 6) is 0.262. The number of hydrogen-bond donors (Lipinski definition) is 0. The largest absolute Gasteiger partial charge is 0.450 e. The van der Waals surface area contributed by atoms with Crippen LogP contribution >= 0.6 is 34.7 Å². The Kier molecular flexibility index (Phi) is 5.87. The Labute approximate surface area is 219 Å². The van der Waals surface area contributed by atoms with E-state index in [2.05, 4.69) is 10.2 Å². The van der Waals surface area contributed by atoms with Gasteiger partial charge >= 0.3 is 0 Å². The quantitative estimate of drug-likeness (QED) is 0.187. The lowest BCUT2D eigenvalue weighted by Gasteiger charge is -2.21. The summed E-state index contributed by atoms with van der Waals surface area (Å²) in [5.41, 5.74) is 3.23. The zero-order valence-electron chi connectivity index (χ0n) is 19.0. The van der Waals surface area contributed by atoms with Gasteiger partial charge in [0.25, 0.3) is 5.91 Å². The van der Waals surface area contributed by atoms with Crippen LogP contribution in [-0.4, -0.2) is 16.1 Å². The number of halogens is 1. The van der Waals surface area contributed by atoms with E-state index < -0.39 is 11.9 Å². The molecule has 1 aliphatic heterocycles. The lowest BCUT2D eigenvalue weighted by molar-refractivity contribution is 0.0970. The van der Waals surface area contributed by atoms with Gasteiger partial charge in [-0.1, -0.05) is 94.9 Å². The number of fused-ring (bicyclic) bond motifs is 2. The number of amides is 1. The SMILES string of the molecule is Cc1ccc2oc3c(c(=O)c2c1)C(c1ccccc1)N(c1nnc(SCc2ccccc2Cl)s1)C3=O. The summed E-state index contributed by atoms with van der Waals surface area (Å²) in [7, 11) is 0. The number of rotatable bonds is 5. The van der Waals surface area contributed by atoms with Crippen molar-refractivity contribution in [2.45, 2.75) is 23.1 Å². The van der Waals surface area contributed by atoms with Crippen LogP contribution in [0.5, 0.6) is 0 Å². The maximum atomic E-state index is 13.7. The summed E-state index contributed by atoms with van der Waals surface area (Å²) in [5, 5.41) is 10.2. The highest BCUT2D eigenvalue weighted by Gasteiger charge is 2.45. The van der Waals surface area contributed by atoms with Crippen LogP contribution in [0.3, 0.4) is 0 Å². The molecule has 0 saturated heterocycles. The second-order valence-electron chi connectivity index (χ2n) is 8.39. The van der Waals surface area contributed by atoms with Crippen LogP contribution in [0.2, 0.25) is 5.02 Å². The van der Waals surface area contributed by atoms with E-state index in [0.29, 0.717) is 36.8 Å². The monoisotopic (exact) mass is 531 g/mol. The van der Waals surface area contributed by atoms with E-state index in [1.807, 2.05) is 67.6 Å². The molecule has 9 heteroatoms. The van der Waals surface area contributed by atoms with Gasteiger partial charge in [-0.3, -0.25) is 14.5 Å². The van der Waals surface area contributed by atoms with Gasteiger partial charge in [0.05, 0.1) is 17.0 Å². The van der Waals surface area contributed by atoms with Crippen LogP contribution in [-0.2, 0) is 5.75 Å². The minimum Gasteiger partial charge on any atom is -0.450 e. The Morgan fingerprint density at radius 2 is 1.81 bits per heavy atom. The normalized spacial score (nSPS) is 15.0. The number of hydrogen-bond acceptors (Lipinski definition) is 7. The number of thioether (sulfide) groups is 1. The topological polar surface area (TPSA) is 76.3 Å². The predicted octanol–water partition coefficient (Wildman–Crippen LogP) is 6.65. The van der Waals surface area contributed by atoms with Gasteiger partial charge in [0.1, 0.15) is 5.58 Å². The first-order chi connectivity index (χ1) is 17.5. The summed E-state index contributed by atoms with van der Waals surface area (Å²) in [6, 6.07) is 21.8. The van der Waals surface area contributed by atoms with Gasteiger partial charge in [-0.25, -0.2) is 0 Å². The highest BCUT2D eigenvalue weighted by molar-refractivity contribution is 8.00. The minimum atomic E-state index is -0.663. The van der Waals surface area contributed by atoms with Crippen molar-refractivity contribution >= 4 is 56.7 Å². The van der Waals surface area contributed by atoms with Crippen LogP contribution in [0.4, 0.5) is 5.13 Å². The molecule has 1 aliphatic rings. The molecule has 2 aromatic heterocycles. The number of aryl methyl sites for hydroxylation is 1. The zero-order valence-corrected chi connectivity index (χ0v) is 21.4. The Morgan fingerprint density at radius 1 is 1.03 bits per heavy atom. The van der Waals surface area contributed by atoms with Gasteiger partial charge in [0, 0.05) is 10.8 Å². The van der Waals surface area contributed by atoms with Gasteiger partial charge in [0.15, 0.2) is 9.77 Å². The van der Waals surface area contributed by atoms with E-state index in [1.165, 1.54) is 28.0 Å². The third-order valence-corrected chi connectivity index (χ3v) is 8.53. The molecule has 0 N–H and O–H groups in total. The molecule has 0 radical (unpaired) electrons. The molecule has 1 atom stereocenters. The smallest absolute Gasteiger partial charge is 0.297 e. The number of aromatic nitrogens is 2. The Balaban J connectivity index is 1.43. The average molecular weight is 532 g/mol. The van der Waals surface area contributed by atoms with Crippen molar-refractivity contribution in [3.05, 3.63) is 116 Å². The van der Waals surface area contributed by atoms with E-state index in [9.17, 15) is 9.59 Å². The second kappa shape index (κ2) is 9.20. The van der Waals surface area contributed by atoms with Crippen LogP contribution in [0.1, 0.15) is 38.9 Å². The molecular weight excluding hydrogens is 514 g/mol. The number of carbonyl (C=O) groups excluding carboxylic acids is 1. The molecule has 5 aromatic rings. The van der Waals surface area contributed by atoms with Gasteiger partial charge in [-0.2, -0.15) is 0 Å². The lowest BCUT2D eigenvalue weighted by atomic mass is 9.98. The molecule has 0 aliphatic carbocycles. The van der Waals surface area contributed by atoms with Crippen LogP contribution in [0.15, 0.2) is 86.3 Å².